The van der Waals surface area contributed by atoms with Gasteiger partial charge >= 0.3 is 6.09 Å². The first-order chi connectivity index (χ1) is 9.81. The molecule has 116 valence electrons. The number of rotatable bonds is 5. The van der Waals surface area contributed by atoms with Crippen LogP contribution in [-0.2, 0) is 4.74 Å². The van der Waals surface area contributed by atoms with Gasteiger partial charge in [-0.05, 0) is 51.3 Å². The highest BCUT2D eigenvalue weighted by Crippen LogP contribution is 2.19. The van der Waals surface area contributed by atoms with E-state index in [0.717, 1.165) is 23.3 Å². The number of amides is 1. The maximum atomic E-state index is 11.4. The van der Waals surface area contributed by atoms with Crippen LogP contribution in [0, 0.1) is 6.92 Å². The highest BCUT2D eigenvalue weighted by molar-refractivity contribution is 5.67. The number of alkyl carbamates (subject to hydrolysis) is 1. The van der Waals surface area contributed by atoms with Gasteiger partial charge in [0.15, 0.2) is 0 Å². The molecule has 21 heavy (non-hydrogen) atoms. The molecule has 0 radical (unpaired) electrons. The Morgan fingerprint density at radius 1 is 1.33 bits per heavy atom. The Bertz CT molecular complexity index is 501. The minimum absolute atomic E-state index is 0.382. The Balaban J connectivity index is 2.37. The molecule has 0 saturated carbocycles. The maximum absolute atomic E-state index is 11.4. The third-order valence-electron chi connectivity index (χ3n) is 2.72. The largest absolute Gasteiger partial charge is 0.496 e. The zero-order valence-electron chi connectivity index (χ0n) is 13.5. The molecule has 0 heterocycles. The molecule has 0 bridgehead atoms. The predicted octanol–water partition coefficient (Wildman–Crippen LogP) is 3.93. The smallest absolute Gasteiger partial charge is 0.407 e. The van der Waals surface area contributed by atoms with Crippen LogP contribution in [0.4, 0.5) is 4.79 Å². The molecule has 0 aliphatic rings. The van der Waals surface area contributed by atoms with Crippen molar-refractivity contribution in [1.29, 1.82) is 0 Å². The summed E-state index contributed by atoms with van der Waals surface area (Å²) in [6.45, 7) is 8.09. The minimum Gasteiger partial charge on any atom is -0.496 e. The van der Waals surface area contributed by atoms with E-state index >= 15 is 0 Å². The molecule has 0 saturated heterocycles. The van der Waals surface area contributed by atoms with Crippen molar-refractivity contribution in [1.82, 2.24) is 5.32 Å². The molecule has 1 N–H and O–H groups in total. The van der Waals surface area contributed by atoms with Crippen LogP contribution in [0.25, 0.3) is 6.08 Å². The van der Waals surface area contributed by atoms with Crippen molar-refractivity contribution in [3.8, 4) is 5.75 Å². The first kappa shape index (κ1) is 17.1. The summed E-state index contributed by atoms with van der Waals surface area (Å²) < 4.78 is 10.4. The number of hydrogen-bond acceptors (Lipinski definition) is 3. The van der Waals surface area contributed by atoms with E-state index in [2.05, 4.69) is 5.32 Å². The predicted molar refractivity (Wildman–Crippen MR) is 85.6 cm³/mol. The lowest BCUT2D eigenvalue weighted by Crippen LogP contribution is -2.32. The van der Waals surface area contributed by atoms with Crippen molar-refractivity contribution < 1.29 is 14.3 Å². The molecule has 0 aliphatic carbocycles. The molecular formula is C17H25NO3. The summed E-state index contributed by atoms with van der Waals surface area (Å²) in [4.78, 5) is 11.4. The first-order valence-corrected chi connectivity index (χ1v) is 7.10. The van der Waals surface area contributed by atoms with E-state index in [1.807, 2.05) is 58.0 Å². The highest BCUT2D eigenvalue weighted by Gasteiger charge is 2.15. The molecule has 0 aliphatic heterocycles. The Morgan fingerprint density at radius 2 is 2.05 bits per heavy atom. The van der Waals surface area contributed by atoms with Crippen LogP contribution in [0.3, 0.4) is 0 Å². The molecule has 1 amide bonds. The van der Waals surface area contributed by atoms with Gasteiger partial charge in [-0.2, -0.15) is 0 Å². The summed E-state index contributed by atoms with van der Waals surface area (Å²) in [6, 6.07) is 6.06. The SMILES string of the molecule is COc1cc(C=CCCNC(=O)OC(C)(C)C)ccc1C. The fraction of sp³-hybridized carbons (Fsp3) is 0.471. The fourth-order valence-electron chi connectivity index (χ4n) is 1.73. The van der Waals surface area contributed by atoms with Gasteiger partial charge in [-0.25, -0.2) is 4.79 Å². The zero-order valence-corrected chi connectivity index (χ0v) is 13.5. The Morgan fingerprint density at radius 3 is 2.67 bits per heavy atom. The zero-order chi connectivity index (χ0) is 15.9. The molecular weight excluding hydrogens is 266 g/mol. The van der Waals surface area contributed by atoms with Crippen molar-refractivity contribution in [2.24, 2.45) is 0 Å². The summed E-state index contributed by atoms with van der Waals surface area (Å²) in [5, 5.41) is 2.72. The van der Waals surface area contributed by atoms with Gasteiger partial charge < -0.3 is 14.8 Å². The monoisotopic (exact) mass is 291 g/mol. The molecule has 0 atom stereocenters. The van der Waals surface area contributed by atoms with E-state index < -0.39 is 5.60 Å². The number of methoxy groups -OCH3 is 1. The van der Waals surface area contributed by atoms with Crippen LogP contribution in [0.15, 0.2) is 24.3 Å². The molecule has 0 fully saturated rings. The molecule has 1 aromatic rings. The van der Waals surface area contributed by atoms with Crippen LogP contribution < -0.4 is 10.1 Å². The summed E-state index contributed by atoms with van der Waals surface area (Å²) in [5.74, 6) is 0.879. The normalized spacial score (nSPS) is 11.5. The minimum atomic E-state index is -0.460. The molecule has 4 heteroatoms. The second-order valence-corrected chi connectivity index (χ2v) is 5.85. The van der Waals surface area contributed by atoms with E-state index in [-0.39, 0.29) is 6.09 Å². The number of ether oxygens (including phenoxy) is 2. The first-order valence-electron chi connectivity index (χ1n) is 7.10. The van der Waals surface area contributed by atoms with Gasteiger partial charge in [0.1, 0.15) is 11.4 Å². The van der Waals surface area contributed by atoms with E-state index in [1.165, 1.54) is 0 Å². The Hall–Kier alpha value is -1.97. The van der Waals surface area contributed by atoms with E-state index in [1.54, 1.807) is 7.11 Å². The van der Waals surface area contributed by atoms with Gasteiger partial charge in [-0.1, -0.05) is 24.3 Å². The Labute approximate surface area is 127 Å². The van der Waals surface area contributed by atoms with E-state index in [4.69, 9.17) is 9.47 Å². The van der Waals surface area contributed by atoms with Crippen LogP contribution in [-0.4, -0.2) is 25.3 Å². The molecule has 0 spiro atoms. The maximum Gasteiger partial charge on any atom is 0.407 e. The average molecular weight is 291 g/mol. The van der Waals surface area contributed by atoms with Gasteiger partial charge in [-0.15, -0.1) is 0 Å². The highest BCUT2D eigenvalue weighted by atomic mass is 16.6. The topological polar surface area (TPSA) is 47.6 Å². The summed E-state index contributed by atoms with van der Waals surface area (Å²) >= 11 is 0. The molecule has 1 aromatic carbocycles. The fourth-order valence-corrected chi connectivity index (χ4v) is 1.73. The number of aryl methyl sites for hydroxylation is 1. The summed E-state index contributed by atoms with van der Waals surface area (Å²) in [6.07, 6.45) is 4.39. The Kier molecular flexibility index (Phi) is 6.28. The van der Waals surface area contributed by atoms with Crippen molar-refractivity contribution >= 4 is 12.2 Å². The van der Waals surface area contributed by atoms with Gasteiger partial charge in [0, 0.05) is 6.54 Å². The van der Waals surface area contributed by atoms with Crippen molar-refractivity contribution in [3.05, 3.63) is 35.4 Å². The second-order valence-electron chi connectivity index (χ2n) is 5.85. The third kappa shape index (κ3) is 6.84. The molecule has 0 aromatic heterocycles. The number of carbonyl (C=O) groups is 1. The van der Waals surface area contributed by atoms with Gasteiger partial charge in [0.2, 0.25) is 0 Å². The van der Waals surface area contributed by atoms with Crippen molar-refractivity contribution in [2.75, 3.05) is 13.7 Å². The molecule has 1 rings (SSSR count). The molecule has 4 nitrogen and oxygen atoms in total. The quantitative estimate of drug-likeness (QED) is 0.836. The number of benzene rings is 1. The van der Waals surface area contributed by atoms with Crippen molar-refractivity contribution in [2.45, 2.75) is 39.7 Å². The lowest BCUT2D eigenvalue weighted by molar-refractivity contribution is 0.0529. The lowest BCUT2D eigenvalue weighted by Gasteiger charge is -2.19. The molecule has 0 unspecified atom stereocenters. The van der Waals surface area contributed by atoms with Gasteiger partial charge in [0.25, 0.3) is 0 Å². The van der Waals surface area contributed by atoms with Gasteiger partial charge in [0.05, 0.1) is 7.11 Å². The average Bonchev–Trinajstić information content (AvgIpc) is 2.38. The van der Waals surface area contributed by atoms with E-state index in [9.17, 15) is 4.79 Å². The van der Waals surface area contributed by atoms with E-state index in [0.29, 0.717) is 6.54 Å². The number of hydrogen-bond donors (Lipinski definition) is 1. The second kappa shape index (κ2) is 7.72. The van der Waals surface area contributed by atoms with Crippen LogP contribution in [0.5, 0.6) is 5.75 Å². The lowest BCUT2D eigenvalue weighted by atomic mass is 10.1. The van der Waals surface area contributed by atoms with Gasteiger partial charge in [-0.3, -0.25) is 0 Å². The third-order valence-corrected chi connectivity index (χ3v) is 2.72. The van der Waals surface area contributed by atoms with Crippen LogP contribution in [0.1, 0.15) is 38.3 Å². The van der Waals surface area contributed by atoms with Crippen LogP contribution >= 0.6 is 0 Å². The summed E-state index contributed by atoms with van der Waals surface area (Å²) in [7, 11) is 1.67. The number of carbonyl (C=O) groups excluding carboxylic acids is 1. The van der Waals surface area contributed by atoms with Crippen molar-refractivity contribution in [3.63, 3.8) is 0 Å². The standard InChI is InChI=1S/C17H25NO3/c1-13-9-10-14(12-15(13)20-5)8-6-7-11-18-16(19)21-17(2,3)4/h6,8-10,12H,7,11H2,1-5H3,(H,18,19). The van der Waals surface area contributed by atoms with Crippen LogP contribution in [0.2, 0.25) is 0 Å². The summed E-state index contributed by atoms with van der Waals surface area (Å²) in [5.41, 5.74) is 1.73. The number of nitrogens with one attached hydrogen (secondary N) is 1.